The zero-order valence-corrected chi connectivity index (χ0v) is 19.0. The van der Waals surface area contributed by atoms with Crippen LogP contribution in [-0.4, -0.2) is 10.9 Å². The fraction of sp³-hybridized carbons (Fsp3) is 0.154. The van der Waals surface area contributed by atoms with Gasteiger partial charge in [-0.05, 0) is 68.3 Å². The van der Waals surface area contributed by atoms with Crippen LogP contribution < -0.4 is 10.6 Å². The normalized spacial score (nSPS) is 11.8. The molecule has 2 N–H and O–H groups in total. The molecule has 4 aromatic rings. The van der Waals surface area contributed by atoms with Crippen molar-refractivity contribution >= 4 is 28.1 Å². The molecule has 0 aliphatic heterocycles. The van der Waals surface area contributed by atoms with E-state index < -0.39 is 0 Å². The highest BCUT2D eigenvalue weighted by Crippen LogP contribution is 2.41. The molecule has 32 heavy (non-hydrogen) atoms. The topological polar surface area (TPSA) is 54.0 Å². The van der Waals surface area contributed by atoms with Gasteiger partial charge in [0, 0.05) is 21.7 Å². The van der Waals surface area contributed by atoms with Crippen LogP contribution in [0, 0.1) is 26.6 Å². The van der Waals surface area contributed by atoms with Crippen molar-refractivity contribution in [2.75, 3.05) is 10.6 Å². The van der Waals surface area contributed by atoms with E-state index in [9.17, 15) is 9.18 Å². The minimum atomic E-state index is -0.319. The predicted octanol–water partition coefficient (Wildman–Crippen LogP) is 6.66. The van der Waals surface area contributed by atoms with Gasteiger partial charge >= 0.3 is 0 Å². The second-order valence-electron chi connectivity index (χ2n) is 7.64. The van der Waals surface area contributed by atoms with E-state index >= 15 is 0 Å². The van der Waals surface area contributed by atoms with E-state index in [0.717, 1.165) is 32.3 Å². The number of benzene rings is 2. The summed E-state index contributed by atoms with van der Waals surface area (Å²) in [5.74, 6) is 0.250. The molecular formula is C26H24FN3OS. The van der Waals surface area contributed by atoms with Crippen molar-refractivity contribution in [3.05, 3.63) is 111 Å². The Morgan fingerprint density at radius 1 is 0.938 bits per heavy atom. The molecule has 0 aliphatic rings. The average Bonchev–Trinajstić information content (AvgIpc) is 3.06. The third-order valence-electron chi connectivity index (χ3n) is 5.37. The first-order valence-corrected chi connectivity index (χ1v) is 11.2. The first-order valence-electron chi connectivity index (χ1n) is 10.3. The Kier molecular flexibility index (Phi) is 6.32. The Bertz CT molecular complexity index is 1240. The lowest BCUT2D eigenvalue weighted by Crippen LogP contribution is -2.18. The first-order chi connectivity index (χ1) is 15.4. The fourth-order valence-electron chi connectivity index (χ4n) is 3.60. The van der Waals surface area contributed by atoms with Crippen LogP contribution in [0.15, 0.2) is 72.8 Å². The maximum Gasteiger partial charge on any atom is 0.256 e. The number of pyridine rings is 1. The van der Waals surface area contributed by atoms with Crippen LogP contribution >= 0.6 is 11.3 Å². The molecule has 0 unspecified atom stereocenters. The van der Waals surface area contributed by atoms with E-state index in [2.05, 4.69) is 15.6 Å². The molecule has 0 spiro atoms. The number of carbonyl (C=O) groups is 1. The van der Waals surface area contributed by atoms with Crippen LogP contribution in [0.4, 0.5) is 15.2 Å². The van der Waals surface area contributed by atoms with E-state index in [-0.39, 0.29) is 17.8 Å². The summed E-state index contributed by atoms with van der Waals surface area (Å²) < 4.78 is 13.7. The minimum Gasteiger partial charge on any atom is -0.359 e. The van der Waals surface area contributed by atoms with Gasteiger partial charge in [-0.25, -0.2) is 9.37 Å². The van der Waals surface area contributed by atoms with Crippen LogP contribution in [-0.2, 0) is 0 Å². The number of aryl methyl sites for hydroxylation is 2. The number of nitrogens with zero attached hydrogens (tertiary/aromatic N) is 1. The van der Waals surface area contributed by atoms with Crippen molar-refractivity contribution in [1.29, 1.82) is 0 Å². The molecule has 2 heterocycles. The summed E-state index contributed by atoms with van der Waals surface area (Å²) in [7, 11) is 0. The summed E-state index contributed by atoms with van der Waals surface area (Å²) in [6.45, 7) is 6.01. The molecule has 0 radical (unpaired) electrons. The van der Waals surface area contributed by atoms with E-state index in [4.69, 9.17) is 0 Å². The highest BCUT2D eigenvalue weighted by molar-refractivity contribution is 7.16. The van der Waals surface area contributed by atoms with Crippen LogP contribution in [0.25, 0.3) is 0 Å². The first kappa shape index (κ1) is 21.7. The number of aromatic nitrogens is 1. The molecule has 6 heteroatoms. The van der Waals surface area contributed by atoms with Crippen molar-refractivity contribution in [2.45, 2.75) is 26.8 Å². The van der Waals surface area contributed by atoms with Crippen LogP contribution in [0.5, 0.6) is 0 Å². The second-order valence-corrected chi connectivity index (χ2v) is 8.86. The summed E-state index contributed by atoms with van der Waals surface area (Å²) in [6, 6.07) is 21.0. The van der Waals surface area contributed by atoms with Gasteiger partial charge in [0.15, 0.2) is 0 Å². The Morgan fingerprint density at radius 3 is 2.34 bits per heavy atom. The van der Waals surface area contributed by atoms with Gasteiger partial charge in [-0.15, -0.1) is 11.3 Å². The highest BCUT2D eigenvalue weighted by Gasteiger charge is 2.25. The number of anilines is 2. The largest absolute Gasteiger partial charge is 0.359 e. The maximum absolute atomic E-state index is 13.7. The molecule has 4 rings (SSSR count). The Labute approximate surface area is 191 Å². The van der Waals surface area contributed by atoms with Gasteiger partial charge in [-0.1, -0.05) is 36.4 Å². The monoisotopic (exact) mass is 445 g/mol. The van der Waals surface area contributed by atoms with E-state index in [1.165, 1.54) is 23.5 Å². The summed E-state index contributed by atoms with van der Waals surface area (Å²) >= 11 is 1.54. The van der Waals surface area contributed by atoms with Gasteiger partial charge in [-0.3, -0.25) is 4.79 Å². The molecular weight excluding hydrogens is 421 g/mol. The van der Waals surface area contributed by atoms with Gasteiger partial charge < -0.3 is 10.6 Å². The van der Waals surface area contributed by atoms with Gasteiger partial charge in [-0.2, -0.15) is 0 Å². The van der Waals surface area contributed by atoms with Crippen molar-refractivity contribution in [3.63, 3.8) is 0 Å². The van der Waals surface area contributed by atoms with Crippen molar-refractivity contribution in [1.82, 2.24) is 4.98 Å². The van der Waals surface area contributed by atoms with Crippen molar-refractivity contribution < 1.29 is 9.18 Å². The Morgan fingerprint density at radius 2 is 1.66 bits per heavy atom. The Balaban J connectivity index is 1.78. The molecule has 0 fully saturated rings. The number of rotatable bonds is 6. The van der Waals surface area contributed by atoms with Crippen molar-refractivity contribution in [3.8, 4) is 0 Å². The molecule has 0 saturated carbocycles. The van der Waals surface area contributed by atoms with Crippen molar-refractivity contribution in [2.24, 2.45) is 0 Å². The maximum atomic E-state index is 13.7. The van der Waals surface area contributed by atoms with E-state index in [1.54, 1.807) is 24.3 Å². The zero-order chi connectivity index (χ0) is 22.7. The summed E-state index contributed by atoms with van der Waals surface area (Å²) in [5, 5.41) is 7.36. The molecule has 2 aromatic heterocycles. The SMILES string of the molecule is Cc1cccc(N[C@@H](c2ccc(F)cc2)c2c(NC(=O)c3ccccc3)sc(C)c2C)n1. The Hall–Kier alpha value is -3.51. The summed E-state index contributed by atoms with van der Waals surface area (Å²) in [4.78, 5) is 18.6. The minimum absolute atomic E-state index is 0.167. The third kappa shape index (κ3) is 4.70. The number of halogens is 1. The van der Waals surface area contributed by atoms with Crippen LogP contribution in [0.3, 0.4) is 0 Å². The molecule has 0 saturated heterocycles. The number of thiophene rings is 1. The standard InChI is InChI=1S/C26H24FN3OS/c1-16-8-7-11-22(28-16)29-24(19-12-14-21(27)15-13-19)23-17(2)18(3)32-26(23)30-25(31)20-9-5-4-6-10-20/h4-15,24H,1-3H3,(H,28,29)(H,30,31)/t24-/m0/s1. The molecule has 0 aliphatic carbocycles. The summed E-state index contributed by atoms with van der Waals surface area (Å²) in [5.41, 5.74) is 4.39. The van der Waals surface area contributed by atoms with Crippen LogP contribution in [0.2, 0.25) is 0 Å². The predicted molar refractivity (Wildman–Crippen MR) is 129 cm³/mol. The third-order valence-corrected chi connectivity index (χ3v) is 6.51. The highest BCUT2D eigenvalue weighted by atomic mass is 32.1. The lowest BCUT2D eigenvalue weighted by molar-refractivity contribution is 0.102. The molecule has 2 aromatic carbocycles. The number of hydrogen-bond acceptors (Lipinski definition) is 4. The molecule has 0 bridgehead atoms. The van der Waals surface area contributed by atoms with Gasteiger partial charge in [0.05, 0.1) is 6.04 Å². The molecule has 1 amide bonds. The lowest BCUT2D eigenvalue weighted by Gasteiger charge is -2.22. The number of hydrogen-bond donors (Lipinski definition) is 2. The number of nitrogens with one attached hydrogen (secondary N) is 2. The number of carbonyl (C=O) groups excluding carboxylic acids is 1. The molecule has 162 valence electrons. The van der Waals surface area contributed by atoms with Crippen LogP contribution in [0.1, 0.15) is 43.7 Å². The average molecular weight is 446 g/mol. The second kappa shape index (κ2) is 9.32. The quantitative estimate of drug-likeness (QED) is 0.349. The zero-order valence-electron chi connectivity index (χ0n) is 18.1. The fourth-order valence-corrected chi connectivity index (χ4v) is 4.69. The number of amides is 1. The van der Waals surface area contributed by atoms with E-state index in [1.807, 2.05) is 57.2 Å². The van der Waals surface area contributed by atoms with Gasteiger partial charge in [0.25, 0.3) is 5.91 Å². The smallest absolute Gasteiger partial charge is 0.256 e. The van der Waals surface area contributed by atoms with Gasteiger partial charge in [0.1, 0.15) is 16.6 Å². The molecule has 1 atom stereocenters. The van der Waals surface area contributed by atoms with E-state index in [0.29, 0.717) is 11.4 Å². The molecule has 4 nitrogen and oxygen atoms in total. The van der Waals surface area contributed by atoms with Gasteiger partial charge in [0.2, 0.25) is 0 Å². The lowest BCUT2D eigenvalue weighted by atomic mass is 9.96. The summed E-state index contributed by atoms with van der Waals surface area (Å²) in [6.07, 6.45) is 0.